The predicted octanol–water partition coefficient (Wildman–Crippen LogP) is 5.05. The van der Waals surface area contributed by atoms with E-state index in [4.69, 9.17) is 23.2 Å². The first-order valence-electron chi connectivity index (χ1n) is 7.47. The van der Waals surface area contributed by atoms with Gasteiger partial charge in [-0.15, -0.1) is 0 Å². The van der Waals surface area contributed by atoms with E-state index in [9.17, 15) is 9.18 Å². The number of aromatic nitrogens is 1. The van der Waals surface area contributed by atoms with Gasteiger partial charge in [0.1, 0.15) is 5.82 Å². The highest BCUT2D eigenvalue weighted by atomic mass is 35.5. The summed E-state index contributed by atoms with van der Waals surface area (Å²) in [6, 6.07) is 16.6. The van der Waals surface area contributed by atoms with Gasteiger partial charge in [-0.25, -0.2) is 4.39 Å². The van der Waals surface area contributed by atoms with Crippen LogP contribution in [0.3, 0.4) is 0 Å². The zero-order valence-electron chi connectivity index (χ0n) is 12.9. The van der Waals surface area contributed by atoms with E-state index < -0.39 is 17.8 Å². The molecule has 1 amide bonds. The van der Waals surface area contributed by atoms with Crippen LogP contribution >= 0.6 is 23.2 Å². The van der Waals surface area contributed by atoms with Crippen LogP contribution in [0.1, 0.15) is 27.7 Å². The molecule has 126 valence electrons. The molecule has 1 N–H and O–H groups in total. The van der Waals surface area contributed by atoms with Gasteiger partial charge in [0.05, 0.1) is 27.3 Å². The quantitative estimate of drug-likeness (QED) is 0.649. The molecule has 1 heterocycles. The Morgan fingerprint density at radius 2 is 1.72 bits per heavy atom. The molecule has 1 atom stereocenters. The second-order valence-corrected chi connectivity index (χ2v) is 6.13. The molecule has 0 saturated heterocycles. The van der Waals surface area contributed by atoms with E-state index >= 15 is 0 Å². The monoisotopic (exact) mass is 374 g/mol. The van der Waals surface area contributed by atoms with Gasteiger partial charge in [-0.3, -0.25) is 9.78 Å². The van der Waals surface area contributed by atoms with Gasteiger partial charge in [0.2, 0.25) is 0 Å². The van der Waals surface area contributed by atoms with Gasteiger partial charge >= 0.3 is 0 Å². The Hall–Kier alpha value is -2.43. The molecule has 0 aliphatic heterocycles. The number of benzene rings is 2. The highest BCUT2D eigenvalue weighted by molar-refractivity contribution is 6.36. The summed E-state index contributed by atoms with van der Waals surface area (Å²) in [6.07, 6.45) is 1.65. The number of amides is 1. The molecule has 0 radical (unpaired) electrons. The van der Waals surface area contributed by atoms with Crippen LogP contribution in [0.15, 0.2) is 66.9 Å². The highest BCUT2D eigenvalue weighted by Crippen LogP contribution is 2.26. The maximum absolute atomic E-state index is 13.7. The van der Waals surface area contributed by atoms with E-state index in [2.05, 4.69) is 10.3 Å². The average molecular weight is 375 g/mol. The first-order chi connectivity index (χ1) is 12.1. The molecule has 3 rings (SSSR count). The molecule has 1 aromatic heterocycles. The van der Waals surface area contributed by atoms with Crippen molar-refractivity contribution in [1.29, 1.82) is 0 Å². The number of carbonyl (C=O) groups is 1. The molecule has 0 saturated carbocycles. The molecule has 6 heteroatoms. The number of rotatable bonds is 4. The minimum atomic E-state index is -0.703. The summed E-state index contributed by atoms with van der Waals surface area (Å²) in [5.41, 5.74) is 1.52. The minimum Gasteiger partial charge on any atom is -0.339 e. The van der Waals surface area contributed by atoms with Crippen molar-refractivity contribution in [2.75, 3.05) is 0 Å². The van der Waals surface area contributed by atoms with Crippen LogP contribution in [-0.4, -0.2) is 10.9 Å². The van der Waals surface area contributed by atoms with Crippen molar-refractivity contribution in [3.63, 3.8) is 0 Å². The van der Waals surface area contributed by atoms with E-state index in [0.29, 0.717) is 5.69 Å². The van der Waals surface area contributed by atoms with Crippen LogP contribution in [0.25, 0.3) is 0 Å². The number of hydrogen-bond acceptors (Lipinski definition) is 2. The summed E-state index contributed by atoms with van der Waals surface area (Å²) < 4.78 is 13.7. The molecular weight excluding hydrogens is 362 g/mol. The van der Waals surface area contributed by atoms with Gasteiger partial charge in [0.15, 0.2) is 0 Å². The summed E-state index contributed by atoms with van der Waals surface area (Å²) in [5, 5.41) is 2.80. The molecule has 25 heavy (non-hydrogen) atoms. The van der Waals surface area contributed by atoms with Gasteiger partial charge in [-0.1, -0.05) is 59.6 Å². The summed E-state index contributed by atoms with van der Waals surface area (Å²) >= 11 is 11.7. The van der Waals surface area contributed by atoms with Crippen molar-refractivity contribution in [1.82, 2.24) is 10.3 Å². The summed E-state index contributed by atoms with van der Waals surface area (Å²) in [5.74, 6) is -1.22. The Balaban J connectivity index is 1.96. The zero-order valence-corrected chi connectivity index (χ0v) is 14.4. The van der Waals surface area contributed by atoms with Crippen LogP contribution in [0.4, 0.5) is 4.39 Å². The highest BCUT2D eigenvalue weighted by Gasteiger charge is 2.21. The summed E-state index contributed by atoms with van der Waals surface area (Å²) in [6.45, 7) is 0. The molecule has 1 unspecified atom stereocenters. The summed E-state index contributed by atoms with van der Waals surface area (Å²) in [4.78, 5) is 17.0. The Kier molecular flexibility index (Phi) is 5.31. The Morgan fingerprint density at radius 3 is 2.40 bits per heavy atom. The van der Waals surface area contributed by atoms with E-state index in [1.54, 1.807) is 12.3 Å². The number of nitrogens with one attached hydrogen (secondary N) is 1. The molecule has 0 bridgehead atoms. The lowest BCUT2D eigenvalue weighted by Gasteiger charge is -2.19. The first kappa shape index (κ1) is 17.4. The van der Waals surface area contributed by atoms with Gasteiger partial charge in [-0.2, -0.15) is 0 Å². The van der Waals surface area contributed by atoms with Crippen LogP contribution in [0.5, 0.6) is 0 Å². The zero-order chi connectivity index (χ0) is 17.8. The fraction of sp³-hybridized carbons (Fsp3) is 0.0526. The second-order valence-electron chi connectivity index (χ2n) is 5.32. The Morgan fingerprint density at radius 1 is 1.00 bits per heavy atom. The number of nitrogens with zero attached hydrogens (tertiary/aromatic N) is 1. The fourth-order valence-corrected chi connectivity index (χ4v) is 2.89. The largest absolute Gasteiger partial charge is 0.339 e. The normalized spacial score (nSPS) is 11.8. The molecule has 0 fully saturated rings. The maximum Gasteiger partial charge on any atom is 0.253 e. The summed E-state index contributed by atoms with van der Waals surface area (Å²) in [7, 11) is 0. The third kappa shape index (κ3) is 3.98. The van der Waals surface area contributed by atoms with E-state index in [0.717, 1.165) is 11.6 Å². The predicted molar refractivity (Wildman–Crippen MR) is 96.4 cm³/mol. The lowest BCUT2D eigenvalue weighted by molar-refractivity contribution is 0.0942. The minimum absolute atomic E-state index is 0.0143. The standard InChI is InChI=1S/C19H13Cl2FN2O/c20-14-11-15(21)16(22)10-13(14)19(25)24-18(12-6-2-1-3-7-12)17-8-4-5-9-23-17/h1-11,18H,(H,24,25). The van der Waals surface area contributed by atoms with Gasteiger partial charge in [0.25, 0.3) is 5.91 Å². The lowest BCUT2D eigenvalue weighted by atomic mass is 10.0. The Labute approximate surface area is 154 Å². The molecule has 3 aromatic rings. The van der Waals surface area contributed by atoms with E-state index in [1.807, 2.05) is 42.5 Å². The van der Waals surface area contributed by atoms with E-state index in [1.165, 1.54) is 6.07 Å². The third-order valence-corrected chi connectivity index (χ3v) is 4.25. The SMILES string of the molecule is O=C(NC(c1ccccc1)c1ccccn1)c1cc(F)c(Cl)cc1Cl. The van der Waals surface area contributed by atoms with Crippen molar-refractivity contribution >= 4 is 29.1 Å². The molecular formula is C19H13Cl2FN2O. The fourth-order valence-electron chi connectivity index (χ4n) is 2.43. The van der Waals surface area contributed by atoms with Crippen molar-refractivity contribution in [2.45, 2.75) is 6.04 Å². The second kappa shape index (κ2) is 7.64. The number of halogens is 3. The van der Waals surface area contributed by atoms with Crippen LogP contribution < -0.4 is 5.32 Å². The molecule has 2 aromatic carbocycles. The smallest absolute Gasteiger partial charge is 0.253 e. The first-order valence-corrected chi connectivity index (χ1v) is 8.23. The van der Waals surface area contributed by atoms with Gasteiger partial charge in [-0.05, 0) is 29.8 Å². The van der Waals surface area contributed by atoms with Gasteiger partial charge in [0, 0.05) is 6.20 Å². The van der Waals surface area contributed by atoms with Gasteiger partial charge < -0.3 is 5.32 Å². The molecule has 0 aliphatic rings. The average Bonchev–Trinajstić information content (AvgIpc) is 2.64. The van der Waals surface area contributed by atoms with Crippen molar-refractivity contribution in [3.05, 3.63) is 99.5 Å². The topological polar surface area (TPSA) is 42.0 Å². The van der Waals surface area contributed by atoms with Crippen molar-refractivity contribution < 1.29 is 9.18 Å². The number of hydrogen-bond donors (Lipinski definition) is 1. The maximum atomic E-state index is 13.7. The third-order valence-electron chi connectivity index (χ3n) is 3.65. The molecule has 3 nitrogen and oxygen atoms in total. The lowest BCUT2D eigenvalue weighted by Crippen LogP contribution is -2.30. The van der Waals surface area contributed by atoms with Crippen molar-refractivity contribution in [2.24, 2.45) is 0 Å². The number of carbonyl (C=O) groups excluding carboxylic acids is 1. The van der Waals surface area contributed by atoms with Crippen molar-refractivity contribution in [3.8, 4) is 0 Å². The van der Waals surface area contributed by atoms with Crippen LogP contribution in [0.2, 0.25) is 10.0 Å². The van der Waals surface area contributed by atoms with Crippen LogP contribution in [-0.2, 0) is 0 Å². The molecule has 0 spiro atoms. The van der Waals surface area contributed by atoms with Crippen LogP contribution in [0, 0.1) is 5.82 Å². The number of pyridine rings is 1. The Bertz CT molecular complexity index is 849. The van der Waals surface area contributed by atoms with E-state index in [-0.39, 0.29) is 15.6 Å². The molecule has 0 aliphatic carbocycles.